The highest BCUT2D eigenvalue weighted by molar-refractivity contribution is 7.91. The molecule has 0 aliphatic heterocycles. The third kappa shape index (κ3) is 2.56. The van der Waals surface area contributed by atoms with Crippen molar-refractivity contribution in [1.82, 2.24) is 0 Å². The van der Waals surface area contributed by atoms with E-state index in [2.05, 4.69) is 0 Å². The van der Waals surface area contributed by atoms with Crippen LogP contribution in [0, 0.1) is 0 Å². The van der Waals surface area contributed by atoms with E-state index in [9.17, 15) is 8.42 Å². The Bertz CT molecular complexity index is 663. The molecule has 0 aromatic heterocycles. The maximum atomic E-state index is 12.5. The van der Waals surface area contributed by atoms with Gasteiger partial charge in [0.25, 0.3) is 0 Å². The lowest BCUT2D eigenvalue weighted by Gasteiger charge is -2.11. The highest BCUT2D eigenvalue weighted by atomic mass is 32.2. The second kappa shape index (κ2) is 5.32. The van der Waals surface area contributed by atoms with Gasteiger partial charge >= 0.3 is 0 Å². The summed E-state index contributed by atoms with van der Waals surface area (Å²) >= 11 is 0. The Kier molecular flexibility index (Phi) is 3.76. The molecule has 0 fully saturated rings. The lowest BCUT2D eigenvalue weighted by Crippen LogP contribution is -2.04. The molecule has 0 radical (unpaired) electrons. The second-order valence-electron chi connectivity index (χ2n) is 3.83. The zero-order valence-electron chi connectivity index (χ0n) is 10.7. The number of benzene rings is 2. The van der Waals surface area contributed by atoms with Crippen LogP contribution in [0.3, 0.4) is 0 Å². The monoisotopic (exact) mass is 278 g/mol. The van der Waals surface area contributed by atoms with Gasteiger partial charge in [-0.25, -0.2) is 8.42 Å². The molecule has 4 nitrogen and oxygen atoms in total. The fourth-order valence-corrected chi connectivity index (χ4v) is 3.15. The van der Waals surface area contributed by atoms with E-state index in [4.69, 9.17) is 9.47 Å². The number of methoxy groups -OCH3 is 2. The van der Waals surface area contributed by atoms with Crippen molar-refractivity contribution >= 4 is 9.84 Å². The van der Waals surface area contributed by atoms with Gasteiger partial charge in [0.15, 0.2) is 0 Å². The van der Waals surface area contributed by atoms with Gasteiger partial charge in [0.2, 0.25) is 9.84 Å². The van der Waals surface area contributed by atoms with E-state index in [0.717, 1.165) is 0 Å². The third-order valence-corrected chi connectivity index (χ3v) is 4.52. The minimum Gasteiger partial charge on any atom is -0.497 e. The van der Waals surface area contributed by atoms with Crippen molar-refractivity contribution < 1.29 is 17.9 Å². The van der Waals surface area contributed by atoms with E-state index in [1.807, 2.05) is 0 Å². The fraction of sp³-hybridized carbons (Fsp3) is 0.143. The maximum absolute atomic E-state index is 12.5. The molecule has 0 saturated carbocycles. The molecule has 2 aromatic carbocycles. The second-order valence-corrected chi connectivity index (χ2v) is 5.75. The molecule has 2 rings (SSSR count). The van der Waals surface area contributed by atoms with Crippen LogP contribution in [-0.4, -0.2) is 22.6 Å². The molecule has 0 spiro atoms. The predicted molar refractivity (Wildman–Crippen MR) is 71.4 cm³/mol. The van der Waals surface area contributed by atoms with Crippen molar-refractivity contribution in [2.24, 2.45) is 0 Å². The summed E-state index contributed by atoms with van der Waals surface area (Å²) in [5.74, 6) is 0.812. The fourth-order valence-electron chi connectivity index (χ4n) is 1.72. The van der Waals surface area contributed by atoms with E-state index in [-0.39, 0.29) is 15.5 Å². The molecule has 2 aromatic rings. The van der Waals surface area contributed by atoms with E-state index in [1.165, 1.54) is 20.3 Å². The SMILES string of the molecule is COc1ccc(S(=O)(=O)c2ccccc2)c(OC)c1. The van der Waals surface area contributed by atoms with Crippen LogP contribution in [0.4, 0.5) is 0 Å². The molecule has 100 valence electrons. The highest BCUT2D eigenvalue weighted by Crippen LogP contribution is 2.32. The Morgan fingerprint density at radius 1 is 0.895 bits per heavy atom. The van der Waals surface area contributed by atoms with E-state index in [1.54, 1.807) is 42.5 Å². The Morgan fingerprint density at radius 2 is 1.58 bits per heavy atom. The molecule has 0 aliphatic rings. The van der Waals surface area contributed by atoms with Crippen LogP contribution in [0.25, 0.3) is 0 Å². The van der Waals surface area contributed by atoms with Gasteiger partial charge in [0, 0.05) is 6.07 Å². The van der Waals surface area contributed by atoms with Crippen LogP contribution < -0.4 is 9.47 Å². The smallest absolute Gasteiger partial charge is 0.210 e. The minimum atomic E-state index is -3.59. The van der Waals surface area contributed by atoms with Crippen molar-refractivity contribution in [3.8, 4) is 11.5 Å². The molecule has 0 aliphatic carbocycles. The third-order valence-electron chi connectivity index (χ3n) is 2.71. The zero-order valence-corrected chi connectivity index (χ0v) is 11.5. The number of hydrogen-bond acceptors (Lipinski definition) is 4. The summed E-state index contributed by atoms with van der Waals surface area (Å²) < 4.78 is 35.2. The normalized spacial score (nSPS) is 11.1. The Morgan fingerprint density at radius 3 is 2.16 bits per heavy atom. The standard InChI is InChI=1S/C14H14O4S/c1-17-11-8-9-14(13(10-11)18-2)19(15,16)12-6-4-3-5-7-12/h3-10H,1-2H3. The van der Waals surface area contributed by atoms with Crippen LogP contribution in [0.1, 0.15) is 0 Å². The first-order valence-corrected chi connectivity index (χ1v) is 7.10. The summed E-state index contributed by atoms with van der Waals surface area (Å²) in [7, 11) is -0.644. The average molecular weight is 278 g/mol. The summed E-state index contributed by atoms with van der Waals surface area (Å²) in [6.07, 6.45) is 0. The summed E-state index contributed by atoms with van der Waals surface area (Å²) in [6.45, 7) is 0. The molecule has 0 unspecified atom stereocenters. The van der Waals surface area contributed by atoms with Gasteiger partial charge in [0.05, 0.1) is 19.1 Å². The predicted octanol–water partition coefficient (Wildman–Crippen LogP) is 2.54. The number of hydrogen-bond donors (Lipinski definition) is 0. The van der Waals surface area contributed by atoms with E-state index < -0.39 is 9.84 Å². The Balaban J connectivity index is 2.58. The zero-order chi connectivity index (χ0) is 13.9. The first-order chi connectivity index (χ1) is 9.09. The van der Waals surface area contributed by atoms with Gasteiger partial charge in [-0.05, 0) is 24.3 Å². The molecular formula is C14H14O4S. The van der Waals surface area contributed by atoms with Crippen molar-refractivity contribution in [1.29, 1.82) is 0 Å². The van der Waals surface area contributed by atoms with Crippen LogP contribution >= 0.6 is 0 Å². The largest absolute Gasteiger partial charge is 0.497 e. The van der Waals surface area contributed by atoms with Crippen molar-refractivity contribution in [3.05, 3.63) is 48.5 Å². The van der Waals surface area contributed by atoms with E-state index >= 15 is 0 Å². The van der Waals surface area contributed by atoms with Crippen LogP contribution in [0.15, 0.2) is 58.3 Å². The number of sulfone groups is 1. The van der Waals surface area contributed by atoms with E-state index in [0.29, 0.717) is 5.75 Å². The van der Waals surface area contributed by atoms with Crippen molar-refractivity contribution in [3.63, 3.8) is 0 Å². The molecule has 0 saturated heterocycles. The van der Waals surface area contributed by atoms with Crippen LogP contribution in [0.5, 0.6) is 11.5 Å². The molecule has 0 atom stereocenters. The molecule has 0 amide bonds. The lowest BCUT2D eigenvalue weighted by atomic mass is 10.3. The van der Waals surface area contributed by atoms with Gasteiger partial charge in [-0.1, -0.05) is 18.2 Å². The van der Waals surface area contributed by atoms with Gasteiger partial charge in [-0.2, -0.15) is 0 Å². The van der Waals surface area contributed by atoms with Gasteiger partial charge in [0.1, 0.15) is 16.4 Å². The van der Waals surface area contributed by atoms with Crippen LogP contribution in [0.2, 0.25) is 0 Å². The molecule has 19 heavy (non-hydrogen) atoms. The van der Waals surface area contributed by atoms with Crippen LogP contribution in [-0.2, 0) is 9.84 Å². The molecular weight excluding hydrogens is 264 g/mol. The molecule has 0 bridgehead atoms. The topological polar surface area (TPSA) is 52.6 Å². The Hall–Kier alpha value is -2.01. The summed E-state index contributed by atoms with van der Waals surface area (Å²) in [5.41, 5.74) is 0. The first kappa shape index (κ1) is 13.4. The molecule has 0 N–H and O–H groups in total. The van der Waals surface area contributed by atoms with Crippen molar-refractivity contribution in [2.75, 3.05) is 14.2 Å². The highest BCUT2D eigenvalue weighted by Gasteiger charge is 2.22. The molecule has 0 heterocycles. The van der Waals surface area contributed by atoms with Gasteiger partial charge < -0.3 is 9.47 Å². The summed E-state index contributed by atoms with van der Waals surface area (Å²) in [4.78, 5) is 0.362. The number of rotatable bonds is 4. The van der Waals surface area contributed by atoms with Crippen molar-refractivity contribution in [2.45, 2.75) is 9.79 Å². The average Bonchev–Trinajstić information content (AvgIpc) is 2.47. The van der Waals surface area contributed by atoms with Gasteiger partial charge in [-0.15, -0.1) is 0 Å². The number of ether oxygens (including phenoxy) is 2. The summed E-state index contributed by atoms with van der Waals surface area (Å²) in [6, 6.07) is 12.9. The first-order valence-electron chi connectivity index (χ1n) is 5.62. The molecule has 5 heteroatoms. The quantitative estimate of drug-likeness (QED) is 0.862. The minimum absolute atomic E-state index is 0.127. The lowest BCUT2D eigenvalue weighted by molar-refractivity contribution is 0.386. The maximum Gasteiger partial charge on any atom is 0.210 e. The Labute approximate surface area is 112 Å². The summed E-state index contributed by atoms with van der Waals surface area (Å²) in [5, 5.41) is 0. The van der Waals surface area contributed by atoms with Gasteiger partial charge in [-0.3, -0.25) is 0 Å².